The molecule has 0 fully saturated rings. The van der Waals surface area contributed by atoms with Crippen molar-refractivity contribution in [2.24, 2.45) is 0 Å². The van der Waals surface area contributed by atoms with Gasteiger partial charge in [-0.1, -0.05) is 19.9 Å². The van der Waals surface area contributed by atoms with Gasteiger partial charge in [0.25, 0.3) is 10.0 Å². The second-order valence-electron chi connectivity index (χ2n) is 5.54. The summed E-state index contributed by atoms with van der Waals surface area (Å²) in [4.78, 5) is 0.0863. The average molecular weight is 403 g/mol. The van der Waals surface area contributed by atoms with Gasteiger partial charge in [0.15, 0.2) is 0 Å². The van der Waals surface area contributed by atoms with Crippen LogP contribution in [-0.4, -0.2) is 34.2 Å². The molecule has 0 atom stereocenters. The summed E-state index contributed by atoms with van der Waals surface area (Å²) in [5.74, 6) is 0. The minimum atomic E-state index is -3.74. The van der Waals surface area contributed by atoms with Crippen molar-refractivity contribution >= 4 is 37.1 Å². The largest absolute Gasteiger partial charge is 0.279 e. The van der Waals surface area contributed by atoms with E-state index in [4.69, 9.17) is 0 Å². The highest BCUT2D eigenvalue weighted by Gasteiger charge is 2.24. The molecular weight excluding hydrogens is 380 g/mol. The summed E-state index contributed by atoms with van der Waals surface area (Å²) in [6.45, 7) is 7.75. The lowest BCUT2D eigenvalue weighted by molar-refractivity contribution is 0.445. The van der Waals surface area contributed by atoms with E-state index >= 15 is 0 Å². The summed E-state index contributed by atoms with van der Waals surface area (Å²) >= 11 is 1.10. The molecule has 0 aliphatic rings. The fourth-order valence-corrected chi connectivity index (χ4v) is 6.08. The number of nitrogens with zero attached hydrogens (tertiary/aromatic N) is 1. The van der Waals surface area contributed by atoms with Crippen molar-refractivity contribution in [1.82, 2.24) is 4.31 Å². The molecule has 0 saturated heterocycles. The first-order valence-corrected chi connectivity index (χ1v) is 11.6. The number of rotatable bonds is 7. The average Bonchev–Trinajstić information content (AvgIpc) is 3.07. The van der Waals surface area contributed by atoms with Crippen LogP contribution >= 0.6 is 11.3 Å². The Morgan fingerprint density at radius 2 is 1.72 bits per heavy atom. The fourth-order valence-electron chi connectivity index (χ4n) is 2.41. The van der Waals surface area contributed by atoms with E-state index in [2.05, 4.69) is 4.72 Å². The molecule has 0 aliphatic carbocycles. The third-order valence-corrected chi connectivity index (χ3v) is 8.78. The van der Waals surface area contributed by atoms with Crippen LogP contribution < -0.4 is 4.72 Å². The molecule has 0 unspecified atom stereocenters. The first kappa shape index (κ1) is 19.9. The monoisotopic (exact) mass is 402 g/mol. The molecule has 1 heterocycles. The van der Waals surface area contributed by atoms with Crippen molar-refractivity contribution < 1.29 is 16.8 Å². The van der Waals surface area contributed by atoms with E-state index in [1.165, 1.54) is 16.4 Å². The van der Waals surface area contributed by atoms with Crippen LogP contribution in [0.25, 0.3) is 0 Å². The third-order valence-electron chi connectivity index (χ3n) is 3.99. The molecule has 0 radical (unpaired) electrons. The molecule has 0 amide bonds. The van der Waals surface area contributed by atoms with Gasteiger partial charge in [-0.15, -0.1) is 11.3 Å². The molecule has 9 heteroatoms. The van der Waals surface area contributed by atoms with E-state index in [0.29, 0.717) is 24.2 Å². The number of hydrogen-bond donors (Lipinski definition) is 1. The van der Waals surface area contributed by atoms with Gasteiger partial charge in [-0.2, -0.15) is 4.31 Å². The Kier molecular flexibility index (Phi) is 5.93. The number of hydrogen-bond acceptors (Lipinski definition) is 5. The molecule has 0 spiro atoms. The number of sulfonamides is 2. The minimum absolute atomic E-state index is 0.0863. The molecule has 0 bridgehead atoms. The first-order valence-electron chi connectivity index (χ1n) is 7.81. The van der Waals surface area contributed by atoms with Crippen molar-refractivity contribution in [3.63, 3.8) is 0 Å². The van der Waals surface area contributed by atoms with Crippen molar-refractivity contribution in [1.29, 1.82) is 0 Å². The topological polar surface area (TPSA) is 83.6 Å². The molecule has 2 rings (SSSR count). The Labute approximate surface area is 153 Å². The Balaban J connectivity index is 2.53. The van der Waals surface area contributed by atoms with Gasteiger partial charge in [0.1, 0.15) is 4.21 Å². The van der Waals surface area contributed by atoms with E-state index in [-0.39, 0.29) is 14.8 Å². The van der Waals surface area contributed by atoms with Gasteiger partial charge in [-0.3, -0.25) is 4.72 Å². The second-order valence-corrected chi connectivity index (χ2v) is 10.3. The van der Waals surface area contributed by atoms with Crippen LogP contribution in [0, 0.1) is 13.8 Å². The lowest BCUT2D eigenvalue weighted by atomic mass is 10.1. The number of thiophene rings is 1. The number of anilines is 1. The summed E-state index contributed by atoms with van der Waals surface area (Å²) in [5.41, 5.74) is 1.68. The van der Waals surface area contributed by atoms with E-state index in [0.717, 1.165) is 11.3 Å². The van der Waals surface area contributed by atoms with E-state index in [1.54, 1.807) is 45.2 Å². The van der Waals surface area contributed by atoms with Crippen LogP contribution in [0.1, 0.15) is 25.0 Å². The van der Waals surface area contributed by atoms with Gasteiger partial charge >= 0.3 is 0 Å². The van der Waals surface area contributed by atoms with Crippen LogP contribution in [0.3, 0.4) is 0 Å². The predicted molar refractivity (Wildman–Crippen MR) is 101 cm³/mol. The van der Waals surface area contributed by atoms with E-state index in [1.807, 2.05) is 0 Å². The zero-order valence-electron chi connectivity index (χ0n) is 14.6. The van der Waals surface area contributed by atoms with Crippen molar-refractivity contribution in [2.45, 2.75) is 36.8 Å². The molecule has 2 aromatic rings. The highest BCUT2D eigenvalue weighted by molar-refractivity contribution is 7.94. The quantitative estimate of drug-likeness (QED) is 0.771. The SMILES string of the molecule is CCN(CC)S(=O)(=O)c1cc(C)c(C)c(NS(=O)(=O)c2cccs2)c1. The Bertz CT molecular complexity index is 946. The standard InChI is InChI=1S/C16H22N2O4S3/c1-5-18(6-2)25(21,22)14-10-12(3)13(4)15(11-14)17-24(19,20)16-8-7-9-23-16/h7-11,17H,5-6H2,1-4H3. The van der Waals surface area contributed by atoms with Crippen molar-refractivity contribution in [2.75, 3.05) is 17.8 Å². The Morgan fingerprint density at radius 3 is 2.24 bits per heavy atom. The van der Waals surface area contributed by atoms with Gasteiger partial charge in [0.2, 0.25) is 10.0 Å². The molecule has 6 nitrogen and oxygen atoms in total. The maximum absolute atomic E-state index is 12.8. The first-order chi connectivity index (χ1) is 11.6. The molecule has 1 aromatic carbocycles. The van der Waals surface area contributed by atoms with E-state index < -0.39 is 20.0 Å². The molecular formula is C16H22N2O4S3. The number of benzene rings is 1. The molecule has 0 aliphatic heterocycles. The highest BCUT2D eigenvalue weighted by atomic mass is 32.2. The smallest absolute Gasteiger partial charge is 0.271 e. The third kappa shape index (κ3) is 4.05. The summed E-state index contributed by atoms with van der Waals surface area (Å²) in [5, 5.41) is 1.67. The van der Waals surface area contributed by atoms with Crippen molar-refractivity contribution in [3.05, 3.63) is 40.8 Å². The minimum Gasteiger partial charge on any atom is -0.279 e. The normalized spacial score (nSPS) is 12.5. The maximum Gasteiger partial charge on any atom is 0.271 e. The zero-order valence-corrected chi connectivity index (χ0v) is 17.1. The van der Waals surface area contributed by atoms with Crippen LogP contribution in [0.2, 0.25) is 0 Å². The number of nitrogens with one attached hydrogen (secondary N) is 1. The predicted octanol–water partition coefficient (Wildman–Crippen LogP) is 3.20. The highest BCUT2D eigenvalue weighted by Crippen LogP contribution is 2.29. The van der Waals surface area contributed by atoms with Gasteiger partial charge in [0.05, 0.1) is 10.6 Å². The van der Waals surface area contributed by atoms with E-state index in [9.17, 15) is 16.8 Å². The maximum atomic E-state index is 12.8. The van der Waals surface area contributed by atoms with Crippen molar-refractivity contribution in [3.8, 4) is 0 Å². The lowest BCUT2D eigenvalue weighted by Crippen LogP contribution is -2.30. The van der Waals surface area contributed by atoms with Crippen LogP contribution in [0.4, 0.5) is 5.69 Å². The summed E-state index contributed by atoms with van der Waals surface area (Å²) < 4.78 is 54.5. The van der Waals surface area contributed by atoms with Crippen LogP contribution in [0.15, 0.2) is 38.8 Å². The van der Waals surface area contributed by atoms with Crippen LogP contribution in [0.5, 0.6) is 0 Å². The number of aryl methyl sites for hydroxylation is 1. The summed E-state index contributed by atoms with van der Waals surface area (Å²) in [6, 6.07) is 6.12. The van der Waals surface area contributed by atoms with Gasteiger partial charge < -0.3 is 0 Å². The summed E-state index contributed by atoms with van der Waals surface area (Å²) in [7, 11) is -7.41. The Morgan fingerprint density at radius 1 is 1.08 bits per heavy atom. The molecule has 1 N–H and O–H groups in total. The fraction of sp³-hybridized carbons (Fsp3) is 0.375. The molecule has 0 saturated carbocycles. The molecule has 138 valence electrons. The van der Waals surface area contributed by atoms with Gasteiger partial charge in [-0.05, 0) is 48.6 Å². The zero-order chi connectivity index (χ0) is 18.8. The molecule has 25 heavy (non-hydrogen) atoms. The van der Waals surface area contributed by atoms with Gasteiger partial charge in [0, 0.05) is 13.1 Å². The van der Waals surface area contributed by atoms with Crippen LogP contribution in [-0.2, 0) is 20.0 Å². The summed E-state index contributed by atoms with van der Waals surface area (Å²) in [6.07, 6.45) is 0. The lowest BCUT2D eigenvalue weighted by Gasteiger charge is -2.20. The Hall–Kier alpha value is -1.42. The second kappa shape index (κ2) is 7.45. The molecule has 1 aromatic heterocycles. The van der Waals surface area contributed by atoms with Gasteiger partial charge in [-0.25, -0.2) is 16.8 Å².